The maximum atomic E-state index is 11.9. The van der Waals surface area contributed by atoms with E-state index >= 15 is 0 Å². The van der Waals surface area contributed by atoms with Crippen molar-refractivity contribution in [2.45, 2.75) is 18.9 Å². The first-order valence-electron chi connectivity index (χ1n) is 5.88. The van der Waals surface area contributed by atoms with Gasteiger partial charge in [0, 0.05) is 9.50 Å². The van der Waals surface area contributed by atoms with Crippen molar-refractivity contribution in [2.24, 2.45) is 5.92 Å². The number of benzene rings is 1. The molecular weight excluding hydrogens is 318 g/mol. The summed E-state index contributed by atoms with van der Waals surface area (Å²) in [4.78, 5) is 11.9. The van der Waals surface area contributed by atoms with Gasteiger partial charge in [-0.1, -0.05) is 27.5 Å². The SMILES string of the molecule is COC(=O)C(NCC1CC1)c1cc(Cl)ccc1Br. The van der Waals surface area contributed by atoms with Crippen LogP contribution in [0.3, 0.4) is 0 Å². The molecule has 1 aliphatic carbocycles. The lowest BCUT2D eigenvalue weighted by Crippen LogP contribution is -2.31. The lowest BCUT2D eigenvalue weighted by atomic mass is 10.1. The molecule has 1 atom stereocenters. The number of hydrogen-bond acceptors (Lipinski definition) is 3. The minimum atomic E-state index is -0.469. The summed E-state index contributed by atoms with van der Waals surface area (Å²) in [6, 6.07) is 4.94. The van der Waals surface area contributed by atoms with Crippen molar-refractivity contribution in [3.8, 4) is 0 Å². The van der Waals surface area contributed by atoms with Crippen LogP contribution in [-0.2, 0) is 9.53 Å². The van der Waals surface area contributed by atoms with E-state index in [1.807, 2.05) is 6.07 Å². The van der Waals surface area contributed by atoms with Gasteiger partial charge in [0.25, 0.3) is 0 Å². The van der Waals surface area contributed by atoms with E-state index in [9.17, 15) is 4.79 Å². The third-order valence-corrected chi connectivity index (χ3v) is 3.97. The first kappa shape index (κ1) is 13.8. The summed E-state index contributed by atoms with van der Waals surface area (Å²) in [5.74, 6) is 0.397. The Bertz CT molecular complexity index is 449. The van der Waals surface area contributed by atoms with Crippen molar-refractivity contribution < 1.29 is 9.53 Å². The van der Waals surface area contributed by atoms with Gasteiger partial charge in [0.05, 0.1) is 7.11 Å². The first-order chi connectivity index (χ1) is 8.61. The Morgan fingerprint density at radius 1 is 1.61 bits per heavy atom. The van der Waals surface area contributed by atoms with Crippen LogP contribution in [0.25, 0.3) is 0 Å². The third kappa shape index (κ3) is 3.46. The second-order valence-electron chi connectivity index (χ2n) is 4.47. The predicted octanol–water partition coefficient (Wildman–Crippen LogP) is 3.32. The van der Waals surface area contributed by atoms with Crippen LogP contribution in [-0.4, -0.2) is 19.6 Å². The van der Waals surface area contributed by atoms with E-state index in [4.69, 9.17) is 16.3 Å². The number of nitrogens with one attached hydrogen (secondary N) is 1. The van der Waals surface area contributed by atoms with E-state index in [1.165, 1.54) is 20.0 Å². The normalized spacial score (nSPS) is 16.4. The molecule has 0 heterocycles. The number of esters is 1. The van der Waals surface area contributed by atoms with E-state index < -0.39 is 6.04 Å². The van der Waals surface area contributed by atoms with Gasteiger partial charge in [-0.15, -0.1) is 0 Å². The largest absolute Gasteiger partial charge is 0.468 e. The molecule has 0 bridgehead atoms. The highest BCUT2D eigenvalue weighted by Crippen LogP contribution is 2.31. The van der Waals surface area contributed by atoms with Crippen molar-refractivity contribution in [1.82, 2.24) is 5.32 Å². The molecule has 2 rings (SSSR count). The van der Waals surface area contributed by atoms with Crippen LogP contribution in [0.1, 0.15) is 24.4 Å². The maximum Gasteiger partial charge on any atom is 0.327 e. The molecule has 1 saturated carbocycles. The number of methoxy groups -OCH3 is 1. The Labute approximate surface area is 120 Å². The van der Waals surface area contributed by atoms with Gasteiger partial charge in [-0.25, -0.2) is 4.79 Å². The summed E-state index contributed by atoms with van der Waals surface area (Å²) in [6.45, 7) is 0.832. The molecule has 1 aromatic carbocycles. The zero-order valence-electron chi connectivity index (χ0n) is 10.1. The molecule has 18 heavy (non-hydrogen) atoms. The van der Waals surface area contributed by atoms with Gasteiger partial charge in [-0.05, 0) is 49.1 Å². The number of ether oxygens (including phenoxy) is 1. The van der Waals surface area contributed by atoms with Crippen LogP contribution < -0.4 is 5.32 Å². The molecule has 3 nitrogen and oxygen atoms in total. The fourth-order valence-corrected chi connectivity index (χ4v) is 2.44. The van der Waals surface area contributed by atoms with Gasteiger partial charge in [-0.2, -0.15) is 0 Å². The van der Waals surface area contributed by atoms with Gasteiger partial charge in [-0.3, -0.25) is 0 Å². The predicted molar refractivity (Wildman–Crippen MR) is 74.6 cm³/mol. The fourth-order valence-electron chi connectivity index (χ4n) is 1.78. The topological polar surface area (TPSA) is 38.3 Å². The van der Waals surface area contributed by atoms with Crippen LogP contribution >= 0.6 is 27.5 Å². The molecule has 1 fully saturated rings. The highest BCUT2D eigenvalue weighted by molar-refractivity contribution is 9.10. The zero-order valence-corrected chi connectivity index (χ0v) is 12.4. The molecule has 1 N–H and O–H groups in total. The Morgan fingerprint density at radius 2 is 2.33 bits per heavy atom. The number of halogens is 2. The van der Waals surface area contributed by atoms with Gasteiger partial charge in [0.15, 0.2) is 0 Å². The molecule has 1 aromatic rings. The Hall–Kier alpha value is -0.580. The average molecular weight is 333 g/mol. The monoisotopic (exact) mass is 331 g/mol. The maximum absolute atomic E-state index is 11.9. The third-order valence-electron chi connectivity index (χ3n) is 3.01. The standard InChI is InChI=1S/C13H15BrClNO2/c1-18-13(17)12(16-7-8-2-3-8)10-6-9(15)4-5-11(10)14/h4-6,8,12,16H,2-3,7H2,1H3. The zero-order chi connectivity index (χ0) is 13.1. The lowest BCUT2D eigenvalue weighted by Gasteiger charge is -2.18. The summed E-state index contributed by atoms with van der Waals surface area (Å²) < 4.78 is 5.70. The molecule has 0 aliphatic heterocycles. The molecule has 98 valence electrons. The van der Waals surface area contributed by atoms with Gasteiger partial charge < -0.3 is 10.1 Å². The quantitative estimate of drug-likeness (QED) is 0.841. The van der Waals surface area contributed by atoms with Crippen molar-refractivity contribution in [1.29, 1.82) is 0 Å². The summed E-state index contributed by atoms with van der Waals surface area (Å²) in [6.07, 6.45) is 2.47. The Balaban J connectivity index is 2.19. The van der Waals surface area contributed by atoms with Crippen molar-refractivity contribution >= 4 is 33.5 Å². The second-order valence-corrected chi connectivity index (χ2v) is 5.76. The second kappa shape index (κ2) is 6.04. The molecule has 0 saturated heterocycles. The highest BCUT2D eigenvalue weighted by atomic mass is 79.9. The fraction of sp³-hybridized carbons (Fsp3) is 0.462. The van der Waals surface area contributed by atoms with E-state index in [-0.39, 0.29) is 5.97 Å². The van der Waals surface area contributed by atoms with Crippen LogP contribution in [0.2, 0.25) is 5.02 Å². The number of carbonyl (C=O) groups excluding carboxylic acids is 1. The van der Waals surface area contributed by atoms with E-state index in [1.54, 1.807) is 12.1 Å². The minimum absolute atomic E-state index is 0.293. The highest BCUT2D eigenvalue weighted by Gasteiger charge is 2.27. The van der Waals surface area contributed by atoms with E-state index in [0.717, 1.165) is 16.6 Å². The van der Waals surface area contributed by atoms with Crippen molar-refractivity contribution in [3.05, 3.63) is 33.3 Å². The van der Waals surface area contributed by atoms with Crippen LogP contribution in [0, 0.1) is 5.92 Å². The number of rotatable bonds is 5. The van der Waals surface area contributed by atoms with Gasteiger partial charge in [0.2, 0.25) is 0 Å². The van der Waals surface area contributed by atoms with Crippen LogP contribution in [0.4, 0.5) is 0 Å². The number of hydrogen-bond donors (Lipinski definition) is 1. The lowest BCUT2D eigenvalue weighted by molar-refractivity contribution is -0.143. The molecule has 1 aliphatic rings. The molecule has 0 amide bonds. The Kier molecular flexibility index (Phi) is 4.65. The molecule has 1 unspecified atom stereocenters. The van der Waals surface area contributed by atoms with Gasteiger partial charge in [0.1, 0.15) is 6.04 Å². The van der Waals surface area contributed by atoms with Crippen LogP contribution in [0.5, 0.6) is 0 Å². The summed E-state index contributed by atoms with van der Waals surface area (Å²) >= 11 is 9.43. The minimum Gasteiger partial charge on any atom is -0.468 e. The number of carbonyl (C=O) groups is 1. The van der Waals surface area contributed by atoms with E-state index in [2.05, 4.69) is 21.2 Å². The summed E-state index contributed by atoms with van der Waals surface area (Å²) in [7, 11) is 1.40. The first-order valence-corrected chi connectivity index (χ1v) is 7.05. The van der Waals surface area contributed by atoms with Crippen molar-refractivity contribution in [3.63, 3.8) is 0 Å². The van der Waals surface area contributed by atoms with Gasteiger partial charge >= 0.3 is 5.97 Å². The van der Waals surface area contributed by atoms with Crippen LogP contribution in [0.15, 0.2) is 22.7 Å². The average Bonchev–Trinajstić information content (AvgIpc) is 3.17. The summed E-state index contributed by atoms with van der Waals surface area (Å²) in [5, 5.41) is 3.86. The molecule has 0 radical (unpaired) electrons. The Morgan fingerprint density at radius 3 is 2.94 bits per heavy atom. The molecular formula is C13H15BrClNO2. The van der Waals surface area contributed by atoms with E-state index in [0.29, 0.717) is 10.9 Å². The molecule has 0 aromatic heterocycles. The van der Waals surface area contributed by atoms with Crippen molar-refractivity contribution in [2.75, 3.05) is 13.7 Å². The summed E-state index contributed by atoms with van der Waals surface area (Å²) in [5.41, 5.74) is 0.815. The smallest absolute Gasteiger partial charge is 0.327 e. The molecule has 5 heteroatoms. The molecule has 0 spiro atoms.